The molecule has 2 atom stereocenters. The van der Waals surface area contributed by atoms with E-state index in [0.29, 0.717) is 5.11 Å². The molecule has 2 aromatic heterocycles. The van der Waals surface area contributed by atoms with E-state index in [1.54, 1.807) is 0 Å². The highest BCUT2D eigenvalue weighted by Crippen LogP contribution is 2.44. The van der Waals surface area contributed by atoms with Gasteiger partial charge in [0.25, 0.3) is 0 Å². The number of rotatable bonds is 4. The van der Waals surface area contributed by atoms with Gasteiger partial charge in [-0.2, -0.15) is 0 Å². The molecule has 1 fully saturated rings. The zero-order valence-corrected chi connectivity index (χ0v) is 21.3. The first-order valence-corrected chi connectivity index (χ1v) is 12.2. The van der Waals surface area contributed by atoms with E-state index in [-0.39, 0.29) is 12.1 Å². The number of thiocarbonyl (C=S) groups is 1. The van der Waals surface area contributed by atoms with E-state index >= 15 is 0 Å². The lowest BCUT2D eigenvalue weighted by molar-refractivity contribution is 0.565. The molecule has 1 aliphatic heterocycles. The maximum Gasteiger partial charge on any atom is 0.174 e. The summed E-state index contributed by atoms with van der Waals surface area (Å²) in [7, 11) is 0. The number of para-hydroxylation sites is 1. The summed E-state index contributed by atoms with van der Waals surface area (Å²) in [4.78, 5) is 6.85. The zero-order valence-electron chi connectivity index (χ0n) is 18.2. The number of nitrogens with one attached hydrogen (secondary N) is 1. The van der Waals surface area contributed by atoms with Crippen molar-refractivity contribution in [3.8, 4) is 5.69 Å². The maximum atomic E-state index is 6.58. The minimum absolute atomic E-state index is 0.0731. The molecule has 0 aliphatic carbocycles. The van der Waals surface area contributed by atoms with Crippen LogP contribution >= 0.6 is 39.7 Å². The number of aryl methyl sites for hydroxylation is 1. The fourth-order valence-corrected chi connectivity index (χ4v) is 5.47. The molecule has 0 radical (unpaired) electrons. The Morgan fingerprint density at radius 3 is 2.42 bits per heavy atom. The molecule has 0 bridgehead atoms. The first-order valence-electron chi connectivity index (χ1n) is 10.7. The first kappa shape index (κ1) is 22.1. The first-order chi connectivity index (χ1) is 16.0. The van der Waals surface area contributed by atoms with Gasteiger partial charge in [0.15, 0.2) is 5.11 Å². The van der Waals surface area contributed by atoms with Gasteiger partial charge in [-0.3, -0.25) is 4.98 Å². The van der Waals surface area contributed by atoms with E-state index in [1.807, 2.05) is 60.8 Å². The smallest absolute Gasteiger partial charge is 0.174 e. The topological polar surface area (TPSA) is 33.1 Å². The molecule has 0 spiro atoms. The molecule has 166 valence electrons. The zero-order chi connectivity index (χ0) is 23.1. The predicted molar refractivity (Wildman–Crippen MR) is 142 cm³/mol. The fraction of sp³-hybridized carbons (Fsp3) is 0.154. The second-order valence-corrected chi connectivity index (χ2v) is 9.80. The quantitative estimate of drug-likeness (QED) is 0.282. The number of nitrogens with zero attached hydrogens (tertiary/aromatic N) is 3. The van der Waals surface area contributed by atoms with Crippen molar-refractivity contribution in [1.29, 1.82) is 0 Å². The molecule has 7 heteroatoms. The number of hydrogen-bond acceptors (Lipinski definition) is 2. The van der Waals surface area contributed by atoms with Crippen LogP contribution in [0.5, 0.6) is 0 Å². The van der Waals surface area contributed by atoms with Gasteiger partial charge in [-0.25, -0.2) is 0 Å². The van der Waals surface area contributed by atoms with Gasteiger partial charge in [-0.1, -0.05) is 45.7 Å². The van der Waals surface area contributed by atoms with Crippen LogP contribution in [0.25, 0.3) is 5.69 Å². The maximum absolute atomic E-state index is 6.58. The van der Waals surface area contributed by atoms with Crippen LogP contribution < -0.4 is 10.2 Å². The van der Waals surface area contributed by atoms with Crippen molar-refractivity contribution < 1.29 is 0 Å². The summed E-state index contributed by atoms with van der Waals surface area (Å²) in [5, 5.41) is 4.94. The van der Waals surface area contributed by atoms with Crippen LogP contribution in [-0.4, -0.2) is 14.7 Å². The summed E-state index contributed by atoms with van der Waals surface area (Å²) in [6.45, 7) is 4.25. The largest absolute Gasteiger partial charge is 0.351 e. The normalized spacial score (nSPS) is 17.9. The standard InChI is InChI=1S/C26H22BrClN4S/c1-16-15-20(17(2)31(16)23-9-4-3-7-21(23)28)25-24(22-8-5-6-14-29-22)30-26(33)32(25)19-12-10-18(27)11-13-19/h3-15,24-25H,1-2H3,(H,30,33)/t24-,25-/m1/s1. The summed E-state index contributed by atoms with van der Waals surface area (Å²) in [6, 6.07) is 24.2. The summed E-state index contributed by atoms with van der Waals surface area (Å²) >= 11 is 16.0. The van der Waals surface area contributed by atoms with E-state index in [2.05, 4.69) is 67.7 Å². The van der Waals surface area contributed by atoms with Gasteiger partial charge in [0.1, 0.15) is 0 Å². The lowest BCUT2D eigenvalue weighted by Gasteiger charge is -2.28. The summed E-state index contributed by atoms with van der Waals surface area (Å²) in [5.41, 5.74) is 6.37. The van der Waals surface area contributed by atoms with Crippen LogP contribution in [0.2, 0.25) is 5.02 Å². The molecule has 4 nitrogen and oxygen atoms in total. The Morgan fingerprint density at radius 1 is 1.00 bits per heavy atom. The fourth-order valence-electron chi connectivity index (χ4n) is 4.64. The van der Waals surface area contributed by atoms with Crippen LogP contribution in [0.1, 0.15) is 34.7 Å². The monoisotopic (exact) mass is 536 g/mol. The summed E-state index contributed by atoms with van der Waals surface area (Å²) in [5.74, 6) is 0. The Bertz CT molecular complexity index is 1320. The number of benzene rings is 2. The molecule has 0 amide bonds. The highest BCUT2D eigenvalue weighted by atomic mass is 79.9. The molecule has 3 heterocycles. The molecule has 2 aromatic carbocycles. The van der Waals surface area contributed by atoms with Crippen LogP contribution in [0.3, 0.4) is 0 Å². The van der Waals surface area contributed by atoms with Gasteiger partial charge < -0.3 is 14.8 Å². The van der Waals surface area contributed by atoms with Crippen molar-refractivity contribution >= 4 is 50.5 Å². The Hall–Kier alpha value is -2.67. The van der Waals surface area contributed by atoms with Crippen molar-refractivity contribution in [3.63, 3.8) is 0 Å². The summed E-state index contributed by atoms with van der Waals surface area (Å²) in [6.07, 6.45) is 1.83. The minimum atomic E-state index is -0.0949. The number of pyridine rings is 1. The van der Waals surface area contributed by atoms with E-state index in [9.17, 15) is 0 Å². The third kappa shape index (κ3) is 3.97. The van der Waals surface area contributed by atoms with Gasteiger partial charge in [0.2, 0.25) is 0 Å². The van der Waals surface area contributed by atoms with Crippen LogP contribution in [-0.2, 0) is 0 Å². The van der Waals surface area contributed by atoms with Crippen molar-refractivity contribution in [2.75, 3.05) is 4.90 Å². The van der Waals surface area contributed by atoms with E-state index < -0.39 is 0 Å². The molecule has 0 saturated carbocycles. The molecule has 1 aliphatic rings. The molecule has 5 rings (SSSR count). The van der Waals surface area contributed by atoms with Crippen molar-refractivity contribution in [1.82, 2.24) is 14.9 Å². The minimum Gasteiger partial charge on any atom is -0.351 e. The molecule has 1 N–H and O–H groups in total. The van der Waals surface area contributed by atoms with Gasteiger partial charge in [0, 0.05) is 27.7 Å². The Morgan fingerprint density at radius 2 is 1.73 bits per heavy atom. The second kappa shape index (κ2) is 8.93. The number of aromatic nitrogens is 2. The Balaban J connectivity index is 1.69. The van der Waals surface area contributed by atoms with E-state index in [1.165, 1.54) is 5.56 Å². The Kier molecular flexibility index (Phi) is 5.99. The molecule has 4 aromatic rings. The average molecular weight is 538 g/mol. The molecular weight excluding hydrogens is 516 g/mol. The van der Waals surface area contributed by atoms with Gasteiger partial charge in [0.05, 0.1) is 28.5 Å². The molecule has 33 heavy (non-hydrogen) atoms. The van der Waals surface area contributed by atoms with Crippen molar-refractivity contribution in [2.24, 2.45) is 0 Å². The van der Waals surface area contributed by atoms with Crippen LogP contribution in [0, 0.1) is 13.8 Å². The van der Waals surface area contributed by atoms with Crippen molar-refractivity contribution in [2.45, 2.75) is 25.9 Å². The number of anilines is 1. The van der Waals surface area contributed by atoms with Gasteiger partial charge in [-0.15, -0.1) is 0 Å². The lowest BCUT2D eigenvalue weighted by atomic mass is 9.96. The Labute approximate surface area is 212 Å². The highest BCUT2D eigenvalue weighted by molar-refractivity contribution is 9.10. The second-order valence-electron chi connectivity index (χ2n) is 8.09. The third-order valence-corrected chi connectivity index (χ3v) is 7.25. The summed E-state index contributed by atoms with van der Waals surface area (Å²) < 4.78 is 3.24. The predicted octanol–water partition coefficient (Wildman–Crippen LogP) is 7.08. The van der Waals surface area contributed by atoms with Crippen LogP contribution in [0.4, 0.5) is 5.69 Å². The van der Waals surface area contributed by atoms with Crippen LogP contribution in [0.15, 0.2) is 83.5 Å². The SMILES string of the molecule is Cc1cc([C@@H]2[C@@H](c3ccccn3)NC(=S)N2c2ccc(Br)cc2)c(C)n1-c1ccccc1Cl. The van der Waals surface area contributed by atoms with E-state index in [4.69, 9.17) is 23.8 Å². The number of halogens is 2. The molecule has 0 unspecified atom stereocenters. The average Bonchev–Trinajstić information content (AvgIpc) is 3.31. The van der Waals surface area contributed by atoms with Gasteiger partial charge in [-0.05, 0) is 86.2 Å². The van der Waals surface area contributed by atoms with E-state index in [0.717, 1.165) is 38.0 Å². The lowest BCUT2D eigenvalue weighted by Crippen LogP contribution is -2.29. The third-order valence-electron chi connectivity index (χ3n) is 6.09. The van der Waals surface area contributed by atoms with Crippen molar-refractivity contribution in [3.05, 3.63) is 111 Å². The number of hydrogen-bond donors (Lipinski definition) is 1. The molecule has 1 saturated heterocycles. The highest BCUT2D eigenvalue weighted by Gasteiger charge is 2.42. The molecular formula is C26H22BrClN4S. The van der Waals surface area contributed by atoms with Gasteiger partial charge >= 0.3 is 0 Å².